The summed E-state index contributed by atoms with van der Waals surface area (Å²) in [6, 6.07) is 14.1. The number of thiophene rings is 1. The van der Waals surface area contributed by atoms with Crippen molar-refractivity contribution in [2.24, 2.45) is 5.73 Å². The zero-order valence-electron chi connectivity index (χ0n) is 16.8. The molecule has 8 nitrogen and oxygen atoms in total. The van der Waals surface area contributed by atoms with Gasteiger partial charge >= 0.3 is 5.69 Å². The van der Waals surface area contributed by atoms with Gasteiger partial charge in [0.2, 0.25) is 11.8 Å². The lowest BCUT2D eigenvalue weighted by Gasteiger charge is -2.12. The lowest BCUT2D eigenvalue weighted by molar-refractivity contribution is -0.116. The molecule has 4 rings (SSSR count). The van der Waals surface area contributed by atoms with Gasteiger partial charge in [-0.3, -0.25) is 19.0 Å². The predicted molar refractivity (Wildman–Crippen MR) is 125 cm³/mol. The Kier molecular flexibility index (Phi) is 5.68. The lowest BCUT2D eigenvalue weighted by atomic mass is 10.2. The molecule has 0 fully saturated rings. The summed E-state index contributed by atoms with van der Waals surface area (Å²) in [4.78, 5) is 51.5. The van der Waals surface area contributed by atoms with Gasteiger partial charge in [-0.15, -0.1) is 11.3 Å². The second-order valence-corrected chi connectivity index (χ2v) is 8.73. The standard InChI is InChI=1S/C22H17ClN4O4S/c1-12-9-17-20(30)27(16-4-2-3-14(23)10-16)22(31)26(21(17)32-12)11-18(28)25-15-7-5-13(6-8-15)19(24)29/h2-10H,11H2,1H3,(H2,24,29)(H,25,28). The third-order valence-corrected chi connectivity index (χ3v) is 6.07. The lowest BCUT2D eigenvalue weighted by Crippen LogP contribution is -2.40. The van der Waals surface area contributed by atoms with Crippen LogP contribution in [-0.4, -0.2) is 20.9 Å². The summed E-state index contributed by atoms with van der Waals surface area (Å²) < 4.78 is 2.28. The highest BCUT2D eigenvalue weighted by molar-refractivity contribution is 7.18. The van der Waals surface area contributed by atoms with Crippen LogP contribution in [0.3, 0.4) is 0 Å². The average Bonchev–Trinajstić information content (AvgIpc) is 3.13. The Labute approximate surface area is 190 Å². The smallest absolute Gasteiger partial charge is 0.337 e. The molecule has 3 N–H and O–H groups in total. The van der Waals surface area contributed by atoms with E-state index < -0.39 is 23.1 Å². The Hall–Kier alpha value is -3.69. The molecule has 0 unspecified atom stereocenters. The van der Waals surface area contributed by atoms with E-state index in [2.05, 4.69) is 5.32 Å². The summed E-state index contributed by atoms with van der Waals surface area (Å²) in [7, 11) is 0. The normalized spacial score (nSPS) is 10.9. The monoisotopic (exact) mass is 468 g/mol. The Morgan fingerprint density at radius 3 is 2.47 bits per heavy atom. The van der Waals surface area contributed by atoms with Gasteiger partial charge in [-0.1, -0.05) is 17.7 Å². The highest BCUT2D eigenvalue weighted by Crippen LogP contribution is 2.22. The molecule has 4 aromatic rings. The van der Waals surface area contributed by atoms with Crippen molar-refractivity contribution in [3.8, 4) is 5.69 Å². The minimum Gasteiger partial charge on any atom is -0.366 e. The number of aryl methyl sites for hydroxylation is 1. The average molecular weight is 469 g/mol. The van der Waals surface area contributed by atoms with Gasteiger partial charge < -0.3 is 11.1 Å². The van der Waals surface area contributed by atoms with Crippen molar-refractivity contribution >= 4 is 50.7 Å². The van der Waals surface area contributed by atoms with Crippen LogP contribution in [0.2, 0.25) is 5.02 Å². The quantitative estimate of drug-likeness (QED) is 0.468. The van der Waals surface area contributed by atoms with Crippen molar-refractivity contribution < 1.29 is 9.59 Å². The number of nitrogens with two attached hydrogens (primary N) is 1. The Morgan fingerprint density at radius 2 is 1.81 bits per heavy atom. The first kappa shape index (κ1) is 21.5. The van der Waals surface area contributed by atoms with Crippen molar-refractivity contribution in [3.05, 3.63) is 90.9 Å². The van der Waals surface area contributed by atoms with Crippen LogP contribution in [0.4, 0.5) is 5.69 Å². The highest BCUT2D eigenvalue weighted by Gasteiger charge is 2.19. The zero-order chi connectivity index (χ0) is 23.0. The third-order valence-electron chi connectivity index (χ3n) is 4.76. The number of amides is 2. The van der Waals surface area contributed by atoms with E-state index in [1.807, 2.05) is 6.92 Å². The van der Waals surface area contributed by atoms with Gasteiger partial charge in [0.1, 0.15) is 11.4 Å². The molecule has 10 heteroatoms. The van der Waals surface area contributed by atoms with Crippen molar-refractivity contribution in [2.75, 3.05) is 5.32 Å². The Balaban J connectivity index is 1.76. The maximum Gasteiger partial charge on any atom is 0.337 e. The van der Waals surface area contributed by atoms with E-state index in [4.69, 9.17) is 17.3 Å². The highest BCUT2D eigenvalue weighted by atomic mass is 35.5. The van der Waals surface area contributed by atoms with Crippen LogP contribution in [-0.2, 0) is 11.3 Å². The van der Waals surface area contributed by atoms with E-state index in [-0.39, 0.29) is 6.54 Å². The molecule has 0 radical (unpaired) electrons. The summed E-state index contributed by atoms with van der Waals surface area (Å²) in [5, 5.41) is 3.40. The fourth-order valence-corrected chi connectivity index (χ4v) is 4.49. The molecule has 0 bridgehead atoms. The van der Waals surface area contributed by atoms with Gasteiger partial charge in [-0.25, -0.2) is 9.36 Å². The van der Waals surface area contributed by atoms with Gasteiger partial charge in [0.15, 0.2) is 0 Å². The molecule has 162 valence electrons. The Bertz CT molecular complexity index is 1480. The van der Waals surface area contributed by atoms with Crippen LogP contribution in [0.15, 0.2) is 64.2 Å². The zero-order valence-corrected chi connectivity index (χ0v) is 18.4. The van der Waals surface area contributed by atoms with Crippen molar-refractivity contribution in [3.63, 3.8) is 0 Å². The van der Waals surface area contributed by atoms with E-state index in [0.29, 0.717) is 32.2 Å². The number of nitrogens with one attached hydrogen (secondary N) is 1. The molecule has 0 spiro atoms. The van der Waals surface area contributed by atoms with Gasteiger partial charge in [0, 0.05) is 21.2 Å². The molecule has 2 aromatic heterocycles. The molecule has 0 aliphatic carbocycles. The van der Waals surface area contributed by atoms with Crippen LogP contribution >= 0.6 is 22.9 Å². The number of rotatable bonds is 5. The fraction of sp³-hybridized carbons (Fsp3) is 0.0909. The SMILES string of the molecule is Cc1cc2c(=O)n(-c3cccc(Cl)c3)c(=O)n(CC(=O)Nc3ccc(C(N)=O)cc3)c2s1. The second-order valence-electron chi connectivity index (χ2n) is 7.05. The van der Waals surface area contributed by atoms with E-state index in [0.717, 1.165) is 9.44 Å². The number of benzene rings is 2. The fourth-order valence-electron chi connectivity index (χ4n) is 3.31. The number of hydrogen-bond acceptors (Lipinski definition) is 5. The molecular formula is C22H17ClN4O4S. The van der Waals surface area contributed by atoms with Crippen molar-refractivity contribution in [1.29, 1.82) is 0 Å². The number of primary amides is 1. The summed E-state index contributed by atoms with van der Waals surface area (Å²) >= 11 is 7.31. The van der Waals surface area contributed by atoms with Crippen molar-refractivity contribution in [1.82, 2.24) is 9.13 Å². The molecule has 0 atom stereocenters. The second kappa shape index (κ2) is 8.45. The molecule has 2 aromatic carbocycles. The maximum atomic E-state index is 13.3. The van der Waals surface area contributed by atoms with Crippen LogP contribution in [0.25, 0.3) is 15.9 Å². The number of hydrogen-bond donors (Lipinski definition) is 2. The van der Waals surface area contributed by atoms with E-state index in [1.165, 1.54) is 34.1 Å². The minimum absolute atomic E-state index is 0.309. The number of fused-ring (bicyclic) bond motifs is 1. The maximum absolute atomic E-state index is 13.3. The number of nitrogens with zero attached hydrogens (tertiary/aromatic N) is 2. The summed E-state index contributed by atoms with van der Waals surface area (Å²) in [6.07, 6.45) is 0. The summed E-state index contributed by atoms with van der Waals surface area (Å²) in [5.41, 5.74) is 5.16. The summed E-state index contributed by atoms with van der Waals surface area (Å²) in [5.74, 6) is -1.05. The van der Waals surface area contributed by atoms with Crippen LogP contribution in [0.5, 0.6) is 0 Å². The van der Waals surface area contributed by atoms with E-state index in [1.54, 1.807) is 36.4 Å². The van der Waals surface area contributed by atoms with Gasteiger partial charge in [-0.2, -0.15) is 0 Å². The van der Waals surface area contributed by atoms with Gasteiger partial charge in [0.25, 0.3) is 5.56 Å². The minimum atomic E-state index is -0.647. The van der Waals surface area contributed by atoms with E-state index >= 15 is 0 Å². The van der Waals surface area contributed by atoms with Crippen LogP contribution in [0.1, 0.15) is 15.2 Å². The third kappa shape index (κ3) is 4.08. The Morgan fingerprint density at radius 1 is 1.09 bits per heavy atom. The topological polar surface area (TPSA) is 116 Å². The van der Waals surface area contributed by atoms with Crippen LogP contribution in [0, 0.1) is 6.92 Å². The molecule has 2 heterocycles. The molecular weight excluding hydrogens is 452 g/mol. The van der Waals surface area contributed by atoms with Gasteiger partial charge in [0.05, 0.1) is 11.1 Å². The van der Waals surface area contributed by atoms with Crippen molar-refractivity contribution in [2.45, 2.75) is 13.5 Å². The van der Waals surface area contributed by atoms with E-state index in [9.17, 15) is 19.2 Å². The molecule has 0 saturated carbocycles. The number of anilines is 1. The largest absolute Gasteiger partial charge is 0.366 e. The first-order chi connectivity index (χ1) is 15.2. The number of aromatic nitrogens is 2. The molecule has 0 saturated heterocycles. The number of carbonyl (C=O) groups excluding carboxylic acids is 2. The molecule has 0 aliphatic heterocycles. The first-order valence-electron chi connectivity index (χ1n) is 9.46. The molecule has 32 heavy (non-hydrogen) atoms. The van der Waals surface area contributed by atoms with Crippen LogP contribution < -0.4 is 22.3 Å². The predicted octanol–water partition coefficient (Wildman–Crippen LogP) is 2.91. The molecule has 0 aliphatic rings. The number of carbonyl (C=O) groups is 2. The summed E-state index contributed by atoms with van der Waals surface area (Å²) in [6.45, 7) is 1.51. The van der Waals surface area contributed by atoms with Gasteiger partial charge in [-0.05, 0) is 55.5 Å². The molecule has 2 amide bonds. The first-order valence-corrected chi connectivity index (χ1v) is 10.7. The number of halogens is 1.